The molecule has 6 nitrogen and oxygen atoms in total. The molecule has 0 radical (unpaired) electrons. The van der Waals surface area contributed by atoms with E-state index in [9.17, 15) is 4.79 Å². The van der Waals surface area contributed by atoms with Gasteiger partial charge in [0.05, 0.1) is 11.8 Å². The minimum absolute atomic E-state index is 0.0619. The van der Waals surface area contributed by atoms with Gasteiger partial charge in [0, 0.05) is 31.9 Å². The fourth-order valence-electron chi connectivity index (χ4n) is 2.94. The van der Waals surface area contributed by atoms with E-state index in [0.29, 0.717) is 18.2 Å². The number of nitrogens with two attached hydrogens (primary N) is 1. The Bertz CT molecular complexity index is 484. The summed E-state index contributed by atoms with van der Waals surface area (Å²) >= 11 is 0. The average Bonchev–Trinajstić information content (AvgIpc) is 3.03. The summed E-state index contributed by atoms with van der Waals surface area (Å²) in [7, 11) is 4.01. The van der Waals surface area contributed by atoms with Crippen molar-refractivity contribution in [2.24, 2.45) is 5.73 Å². The zero-order chi connectivity index (χ0) is 15.4. The SMILES string of the molecule is Cc1c(C(=O)N(C)CC2CCCN2C)cnn1CCCN. The van der Waals surface area contributed by atoms with Crippen molar-refractivity contribution < 1.29 is 4.79 Å². The Morgan fingerprint density at radius 2 is 2.33 bits per heavy atom. The molecule has 1 fully saturated rings. The van der Waals surface area contributed by atoms with Crippen LogP contribution in [0, 0.1) is 6.92 Å². The molecule has 1 amide bonds. The number of hydrogen-bond donors (Lipinski definition) is 1. The Hall–Kier alpha value is -1.40. The van der Waals surface area contributed by atoms with Crippen LogP contribution in [0.5, 0.6) is 0 Å². The fourth-order valence-corrected chi connectivity index (χ4v) is 2.94. The summed E-state index contributed by atoms with van der Waals surface area (Å²) in [6.45, 7) is 5.26. The molecule has 0 aliphatic carbocycles. The Kier molecular flexibility index (Phi) is 5.36. The molecule has 1 saturated heterocycles. The molecule has 2 N–H and O–H groups in total. The van der Waals surface area contributed by atoms with Crippen molar-refractivity contribution in [2.75, 3.05) is 33.7 Å². The number of aryl methyl sites for hydroxylation is 1. The van der Waals surface area contributed by atoms with Gasteiger partial charge in [0.25, 0.3) is 5.91 Å². The monoisotopic (exact) mass is 293 g/mol. The molecule has 1 aromatic rings. The van der Waals surface area contributed by atoms with E-state index in [4.69, 9.17) is 5.73 Å². The van der Waals surface area contributed by atoms with Gasteiger partial charge in [0.2, 0.25) is 0 Å². The lowest BCUT2D eigenvalue weighted by atomic mass is 10.2. The highest BCUT2D eigenvalue weighted by Gasteiger charge is 2.25. The number of aromatic nitrogens is 2. The molecule has 0 aromatic carbocycles. The van der Waals surface area contributed by atoms with Crippen LogP contribution in [0.2, 0.25) is 0 Å². The Labute approximate surface area is 126 Å². The van der Waals surface area contributed by atoms with E-state index in [0.717, 1.165) is 31.7 Å². The minimum Gasteiger partial charge on any atom is -0.340 e. The third-order valence-corrected chi connectivity index (χ3v) is 4.41. The van der Waals surface area contributed by atoms with E-state index in [2.05, 4.69) is 17.0 Å². The molecule has 21 heavy (non-hydrogen) atoms. The van der Waals surface area contributed by atoms with Gasteiger partial charge in [0.15, 0.2) is 0 Å². The topological polar surface area (TPSA) is 67.4 Å². The van der Waals surface area contributed by atoms with Crippen molar-refractivity contribution in [1.82, 2.24) is 19.6 Å². The van der Waals surface area contributed by atoms with Crippen LogP contribution in [0.25, 0.3) is 0 Å². The fraction of sp³-hybridized carbons (Fsp3) is 0.733. The number of rotatable bonds is 6. The van der Waals surface area contributed by atoms with Gasteiger partial charge < -0.3 is 15.5 Å². The maximum Gasteiger partial charge on any atom is 0.257 e. The van der Waals surface area contributed by atoms with Crippen molar-refractivity contribution in [3.8, 4) is 0 Å². The van der Waals surface area contributed by atoms with Gasteiger partial charge in [-0.25, -0.2) is 0 Å². The van der Waals surface area contributed by atoms with Crippen LogP contribution in [-0.2, 0) is 6.54 Å². The zero-order valence-electron chi connectivity index (χ0n) is 13.4. The second kappa shape index (κ2) is 7.04. The molecule has 6 heteroatoms. The Morgan fingerprint density at radius 1 is 1.57 bits per heavy atom. The Morgan fingerprint density at radius 3 is 2.95 bits per heavy atom. The van der Waals surface area contributed by atoms with Gasteiger partial charge in [-0.3, -0.25) is 9.48 Å². The van der Waals surface area contributed by atoms with Gasteiger partial charge in [0.1, 0.15) is 0 Å². The number of likely N-dealkylation sites (N-methyl/N-ethyl adjacent to an activating group) is 2. The normalized spacial score (nSPS) is 19.1. The highest BCUT2D eigenvalue weighted by atomic mass is 16.2. The lowest BCUT2D eigenvalue weighted by Gasteiger charge is -2.25. The van der Waals surface area contributed by atoms with E-state index in [1.807, 2.05) is 23.6 Å². The molecule has 2 heterocycles. The van der Waals surface area contributed by atoms with Crippen LogP contribution in [-0.4, -0.2) is 65.3 Å². The van der Waals surface area contributed by atoms with Crippen LogP contribution >= 0.6 is 0 Å². The highest BCUT2D eigenvalue weighted by Crippen LogP contribution is 2.17. The summed E-state index contributed by atoms with van der Waals surface area (Å²) in [6, 6.07) is 0.478. The van der Waals surface area contributed by atoms with Crippen molar-refractivity contribution in [3.63, 3.8) is 0 Å². The van der Waals surface area contributed by atoms with E-state index in [1.165, 1.54) is 12.8 Å². The van der Waals surface area contributed by atoms with E-state index in [1.54, 1.807) is 6.20 Å². The molecule has 0 spiro atoms. The molecule has 0 saturated carbocycles. The zero-order valence-corrected chi connectivity index (χ0v) is 13.4. The number of carbonyl (C=O) groups is 1. The van der Waals surface area contributed by atoms with Gasteiger partial charge in [-0.05, 0) is 46.3 Å². The third kappa shape index (κ3) is 3.63. The molecule has 1 unspecified atom stereocenters. The second-order valence-corrected chi connectivity index (χ2v) is 5.97. The molecule has 118 valence electrons. The van der Waals surface area contributed by atoms with Crippen molar-refractivity contribution in [1.29, 1.82) is 0 Å². The first-order valence-corrected chi connectivity index (χ1v) is 7.72. The maximum absolute atomic E-state index is 12.6. The molecule has 1 aromatic heterocycles. The van der Waals surface area contributed by atoms with Gasteiger partial charge in [-0.15, -0.1) is 0 Å². The molecule has 1 aliphatic heterocycles. The number of nitrogens with zero attached hydrogens (tertiary/aromatic N) is 4. The molecule has 0 bridgehead atoms. The van der Waals surface area contributed by atoms with E-state index >= 15 is 0 Å². The number of amides is 1. The molecular weight excluding hydrogens is 266 g/mol. The predicted octanol–water partition coefficient (Wildman–Crippen LogP) is 0.707. The minimum atomic E-state index is 0.0619. The van der Waals surface area contributed by atoms with E-state index in [-0.39, 0.29) is 5.91 Å². The van der Waals surface area contributed by atoms with Gasteiger partial charge >= 0.3 is 0 Å². The summed E-state index contributed by atoms with van der Waals surface area (Å²) in [5.74, 6) is 0.0619. The van der Waals surface area contributed by atoms with Crippen molar-refractivity contribution in [2.45, 2.75) is 38.8 Å². The molecule has 1 aliphatic rings. The second-order valence-electron chi connectivity index (χ2n) is 5.97. The quantitative estimate of drug-likeness (QED) is 0.838. The first-order chi connectivity index (χ1) is 10.0. The van der Waals surface area contributed by atoms with Gasteiger partial charge in [-0.2, -0.15) is 5.10 Å². The maximum atomic E-state index is 12.6. The van der Waals surface area contributed by atoms with Crippen LogP contribution in [0.4, 0.5) is 0 Å². The molecule has 1 atom stereocenters. The highest BCUT2D eigenvalue weighted by molar-refractivity contribution is 5.94. The number of likely N-dealkylation sites (tertiary alicyclic amines) is 1. The Balaban J connectivity index is 2.00. The lowest BCUT2D eigenvalue weighted by molar-refractivity contribution is 0.0760. The predicted molar refractivity (Wildman–Crippen MR) is 83.2 cm³/mol. The standard InChI is InChI=1S/C15H27N5O/c1-12-14(10-17-20(12)9-5-7-16)15(21)19(3)11-13-6-4-8-18(13)2/h10,13H,4-9,11,16H2,1-3H3. The summed E-state index contributed by atoms with van der Waals surface area (Å²) < 4.78 is 1.87. The first kappa shape index (κ1) is 16.0. The first-order valence-electron chi connectivity index (χ1n) is 7.72. The number of hydrogen-bond acceptors (Lipinski definition) is 4. The van der Waals surface area contributed by atoms with Crippen LogP contribution in [0.1, 0.15) is 35.3 Å². The summed E-state index contributed by atoms with van der Waals surface area (Å²) in [4.78, 5) is 16.7. The molecular formula is C15H27N5O. The third-order valence-electron chi connectivity index (χ3n) is 4.41. The van der Waals surface area contributed by atoms with Gasteiger partial charge in [-0.1, -0.05) is 0 Å². The molecule has 2 rings (SSSR count). The summed E-state index contributed by atoms with van der Waals surface area (Å²) in [5.41, 5.74) is 7.16. The van der Waals surface area contributed by atoms with Crippen molar-refractivity contribution in [3.05, 3.63) is 17.5 Å². The average molecular weight is 293 g/mol. The smallest absolute Gasteiger partial charge is 0.257 e. The summed E-state index contributed by atoms with van der Waals surface area (Å²) in [6.07, 6.45) is 4.95. The van der Waals surface area contributed by atoms with Crippen LogP contribution in [0.3, 0.4) is 0 Å². The van der Waals surface area contributed by atoms with Crippen molar-refractivity contribution >= 4 is 5.91 Å². The van der Waals surface area contributed by atoms with E-state index < -0.39 is 0 Å². The largest absolute Gasteiger partial charge is 0.340 e. The summed E-state index contributed by atoms with van der Waals surface area (Å²) in [5, 5.41) is 4.31. The van der Waals surface area contributed by atoms with Crippen LogP contribution in [0.15, 0.2) is 6.20 Å². The van der Waals surface area contributed by atoms with Crippen LogP contribution < -0.4 is 5.73 Å². The number of carbonyl (C=O) groups excluding carboxylic acids is 1. The lowest BCUT2D eigenvalue weighted by Crippen LogP contribution is -2.39.